The molecule has 1 aliphatic rings. The highest BCUT2D eigenvalue weighted by atomic mass is 16.2. The number of benzene rings is 3. The van der Waals surface area contributed by atoms with Crippen LogP contribution < -0.4 is 4.90 Å². The summed E-state index contributed by atoms with van der Waals surface area (Å²) in [5.74, 6) is -0.425. The van der Waals surface area contributed by atoms with Crippen molar-refractivity contribution in [2.75, 3.05) is 11.4 Å². The molecule has 1 unspecified atom stereocenters. The van der Waals surface area contributed by atoms with Crippen molar-refractivity contribution in [3.05, 3.63) is 101 Å². The second-order valence-corrected chi connectivity index (χ2v) is 8.93. The first-order valence-electron chi connectivity index (χ1n) is 12.4. The van der Waals surface area contributed by atoms with E-state index in [1.54, 1.807) is 24.3 Å². The standard InChI is InChI=1S/C30H32N2O3/c1-4-22-17-18-25(32-29(34)26-15-9-10-16-27(26)30(32)35)20-24(22)14-11-19-31(28(33)5-2)21(3)23-12-7-6-8-13-23/h6-10,12-13,15-18,20-21H,4-5,11,14,19H2,1-3H3. The molecule has 4 rings (SSSR count). The third kappa shape index (κ3) is 4.90. The predicted octanol–water partition coefficient (Wildman–Crippen LogP) is 5.98. The number of aryl methyl sites for hydroxylation is 2. The molecule has 35 heavy (non-hydrogen) atoms. The van der Waals surface area contributed by atoms with E-state index in [0.29, 0.717) is 29.8 Å². The molecule has 0 saturated heterocycles. The molecular formula is C30H32N2O3. The molecule has 0 saturated carbocycles. The van der Waals surface area contributed by atoms with Gasteiger partial charge in [0, 0.05) is 13.0 Å². The van der Waals surface area contributed by atoms with Crippen LogP contribution in [0.15, 0.2) is 72.8 Å². The molecule has 0 aliphatic carbocycles. The summed E-state index contributed by atoms with van der Waals surface area (Å²) < 4.78 is 0. The minimum Gasteiger partial charge on any atom is -0.336 e. The van der Waals surface area contributed by atoms with Crippen LogP contribution in [0.1, 0.15) is 77.1 Å². The molecular weight excluding hydrogens is 436 g/mol. The fourth-order valence-electron chi connectivity index (χ4n) is 4.84. The molecule has 0 bridgehead atoms. The largest absolute Gasteiger partial charge is 0.336 e. The van der Waals surface area contributed by atoms with Crippen LogP contribution in [0.5, 0.6) is 0 Å². The second-order valence-electron chi connectivity index (χ2n) is 8.93. The lowest BCUT2D eigenvalue weighted by Gasteiger charge is -2.30. The number of hydrogen-bond acceptors (Lipinski definition) is 3. The molecule has 3 aromatic carbocycles. The quantitative estimate of drug-likeness (QED) is 0.363. The minimum absolute atomic E-state index is 0.000947. The number of rotatable bonds is 9. The summed E-state index contributed by atoms with van der Waals surface area (Å²) in [6.07, 6.45) is 2.87. The number of imide groups is 1. The first kappa shape index (κ1) is 24.4. The lowest BCUT2D eigenvalue weighted by Crippen LogP contribution is -2.34. The molecule has 1 aliphatic heterocycles. The van der Waals surface area contributed by atoms with Gasteiger partial charge in [0.25, 0.3) is 11.8 Å². The number of amides is 3. The molecule has 3 aromatic rings. The summed E-state index contributed by atoms with van der Waals surface area (Å²) in [6.45, 7) is 6.71. The maximum absolute atomic E-state index is 13.0. The average molecular weight is 469 g/mol. The van der Waals surface area contributed by atoms with Gasteiger partial charge >= 0.3 is 0 Å². The van der Waals surface area contributed by atoms with Gasteiger partial charge < -0.3 is 4.90 Å². The van der Waals surface area contributed by atoms with Gasteiger partial charge in [0.05, 0.1) is 22.9 Å². The van der Waals surface area contributed by atoms with Crippen molar-refractivity contribution in [3.63, 3.8) is 0 Å². The van der Waals surface area contributed by atoms with Crippen LogP contribution in [-0.4, -0.2) is 29.2 Å². The van der Waals surface area contributed by atoms with E-state index in [2.05, 4.69) is 26.0 Å². The van der Waals surface area contributed by atoms with Gasteiger partial charge in [-0.15, -0.1) is 0 Å². The SMILES string of the molecule is CCC(=O)N(CCCc1cc(N2C(=O)c3ccccc3C2=O)ccc1CC)C(C)c1ccccc1. The zero-order valence-corrected chi connectivity index (χ0v) is 20.7. The molecule has 0 radical (unpaired) electrons. The summed E-state index contributed by atoms with van der Waals surface area (Å²) in [4.78, 5) is 41.9. The fourth-order valence-corrected chi connectivity index (χ4v) is 4.84. The van der Waals surface area contributed by atoms with Gasteiger partial charge in [-0.1, -0.05) is 62.4 Å². The van der Waals surface area contributed by atoms with Gasteiger partial charge in [-0.3, -0.25) is 14.4 Å². The highest BCUT2D eigenvalue weighted by Gasteiger charge is 2.36. The highest BCUT2D eigenvalue weighted by molar-refractivity contribution is 6.34. The average Bonchev–Trinajstić information content (AvgIpc) is 3.16. The molecule has 1 atom stereocenters. The van der Waals surface area contributed by atoms with E-state index in [1.807, 2.05) is 48.2 Å². The van der Waals surface area contributed by atoms with Crippen LogP contribution in [-0.2, 0) is 17.6 Å². The Hall–Kier alpha value is -3.73. The summed E-state index contributed by atoms with van der Waals surface area (Å²) in [5.41, 5.74) is 4.91. The molecule has 0 aromatic heterocycles. The second kappa shape index (κ2) is 10.7. The molecule has 5 heteroatoms. The maximum Gasteiger partial charge on any atom is 0.266 e. The molecule has 0 N–H and O–H groups in total. The number of anilines is 1. The van der Waals surface area contributed by atoms with Gasteiger partial charge in [-0.2, -0.15) is 0 Å². The van der Waals surface area contributed by atoms with Crippen LogP contribution in [0.2, 0.25) is 0 Å². The lowest BCUT2D eigenvalue weighted by atomic mass is 9.99. The maximum atomic E-state index is 13.0. The lowest BCUT2D eigenvalue weighted by molar-refractivity contribution is -0.133. The Bertz CT molecular complexity index is 1200. The predicted molar refractivity (Wildman–Crippen MR) is 139 cm³/mol. The number of hydrogen-bond donors (Lipinski definition) is 0. The van der Waals surface area contributed by atoms with Crippen molar-refractivity contribution in [1.82, 2.24) is 4.90 Å². The number of nitrogens with zero attached hydrogens (tertiary/aromatic N) is 2. The van der Waals surface area contributed by atoms with Gasteiger partial charge in [0.15, 0.2) is 0 Å². The van der Waals surface area contributed by atoms with E-state index in [9.17, 15) is 14.4 Å². The van der Waals surface area contributed by atoms with Crippen LogP contribution in [0.4, 0.5) is 5.69 Å². The Balaban J connectivity index is 1.52. The first-order chi connectivity index (χ1) is 17.0. The Labute approximate surface area is 207 Å². The Morgan fingerprint density at radius 3 is 2.09 bits per heavy atom. The van der Waals surface area contributed by atoms with Crippen molar-refractivity contribution in [3.8, 4) is 0 Å². The van der Waals surface area contributed by atoms with Crippen molar-refractivity contribution in [1.29, 1.82) is 0 Å². The fraction of sp³-hybridized carbons (Fsp3) is 0.300. The molecule has 3 amide bonds. The van der Waals surface area contributed by atoms with Crippen LogP contribution in [0, 0.1) is 0 Å². The van der Waals surface area contributed by atoms with Crippen molar-refractivity contribution in [2.45, 2.75) is 52.5 Å². The normalized spacial score (nSPS) is 13.6. The Morgan fingerprint density at radius 2 is 1.49 bits per heavy atom. The number of fused-ring (bicyclic) bond motifs is 1. The van der Waals surface area contributed by atoms with Crippen LogP contribution in [0.3, 0.4) is 0 Å². The Kier molecular flexibility index (Phi) is 7.45. The molecule has 5 nitrogen and oxygen atoms in total. The van der Waals surface area contributed by atoms with Crippen molar-refractivity contribution in [2.24, 2.45) is 0 Å². The zero-order valence-electron chi connectivity index (χ0n) is 20.7. The highest BCUT2D eigenvalue weighted by Crippen LogP contribution is 2.30. The van der Waals surface area contributed by atoms with Gasteiger partial charge in [-0.05, 0) is 67.1 Å². The van der Waals surface area contributed by atoms with E-state index < -0.39 is 0 Å². The molecule has 0 spiro atoms. The summed E-state index contributed by atoms with van der Waals surface area (Å²) >= 11 is 0. The third-order valence-corrected chi connectivity index (χ3v) is 6.84. The van der Waals surface area contributed by atoms with E-state index >= 15 is 0 Å². The van der Waals surface area contributed by atoms with E-state index in [-0.39, 0.29) is 23.8 Å². The number of carbonyl (C=O) groups is 3. The monoisotopic (exact) mass is 468 g/mol. The zero-order chi connectivity index (χ0) is 24.9. The van der Waals surface area contributed by atoms with Crippen LogP contribution in [0.25, 0.3) is 0 Å². The van der Waals surface area contributed by atoms with E-state index in [4.69, 9.17) is 0 Å². The summed E-state index contributed by atoms with van der Waals surface area (Å²) in [7, 11) is 0. The Morgan fingerprint density at radius 1 is 0.857 bits per heavy atom. The molecule has 1 heterocycles. The summed E-state index contributed by atoms with van der Waals surface area (Å²) in [6, 6.07) is 22.9. The van der Waals surface area contributed by atoms with E-state index in [1.165, 1.54) is 10.5 Å². The molecule has 0 fully saturated rings. The summed E-state index contributed by atoms with van der Waals surface area (Å²) in [5, 5.41) is 0. The van der Waals surface area contributed by atoms with Gasteiger partial charge in [-0.25, -0.2) is 4.90 Å². The van der Waals surface area contributed by atoms with E-state index in [0.717, 1.165) is 30.4 Å². The minimum atomic E-state index is -0.280. The first-order valence-corrected chi connectivity index (χ1v) is 12.4. The third-order valence-electron chi connectivity index (χ3n) is 6.84. The van der Waals surface area contributed by atoms with Crippen LogP contribution >= 0.6 is 0 Å². The van der Waals surface area contributed by atoms with Gasteiger partial charge in [0.1, 0.15) is 0 Å². The smallest absolute Gasteiger partial charge is 0.266 e. The topological polar surface area (TPSA) is 57.7 Å². The van der Waals surface area contributed by atoms with Gasteiger partial charge in [0.2, 0.25) is 5.91 Å². The number of carbonyl (C=O) groups excluding carboxylic acids is 3. The van der Waals surface area contributed by atoms with Crippen molar-refractivity contribution < 1.29 is 14.4 Å². The molecule has 180 valence electrons. The van der Waals surface area contributed by atoms with Crippen molar-refractivity contribution >= 4 is 23.4 Å².